The van der Waals surface area contributed by atoms with Crippen molar-refractivity contribution in [1.82, 2.24) is 4.98 Å². The molecular weight excluding hydrogens is 338 g/mol. The molecule has 0 atom stereocenters. The van der Waals surface area contributed by atoms with E-state index in [1.165, 1.54) is 12.4 Å². The van der Waals surface area contributed by atoms with Gasteiger partial charge in [-0.05, 0) is 49.6 Å². The number of anilines is 2. The Morgan fingerprint density at radius 1 is 0.741 bits per heavy atom. The number of carbonyl (C=O) groups is 2. The molecule has 136 valence electrons. The molecule has 0 saturated carbocycles. The first-order chi connectivity index (χ1) is 13.0. The van der Waals surface area contributed by atoms with Crippen LogP contribution in [0.2, 0.25) is 0 Å². The van der Waals surface area contributed by atoms with Crippen molar-refractivity contribution >= 4 is 23.2 Å². The predicted octanol–water partition coefficient (Wildman–Crippen LogP) is 4.51. The van der Waals surface area contributed by atoms with Crippen molar-refractivity contribution in [2.24, 2.45) is 0 Å². The monoisotopic (exact) mass is 359 g/mol. The number of amides is 2. The Kier molecular flexibility index (Phi) is 5.31. The number of rotatable bonds is 4. The van der Waals surface area contributed by atoms with E-state index >= 15 is 0 Å². The number of carbonyl (C=O) groups excluding carboxylic acids is 2. The first-order valence-electron chi connectivity index (χ1n) is 8.65. The van der Waals surface area contributed by atoms with E-state index in [0.717, 1.165) is 28.1 Å². The highest BCUT2D eigenvalue weighted by atomic mass is 16.2. The molecule has 0 unspecified atom stereocenters. The van der Waals surface area contributed by atoms with Crippen molar-refractivity contribution in [1.29, 1.82) is 0 Å². The van der Waals surface area contributed by atoms with Crippen LogP contribution in [0.25, 0.3) is 0 Å². The fraction of sp³-hybridized carbons (Fsp3) is 0.136. The lowest BCUT2D eigenvalue weighted by atomic mass is 10.1. The summed E-state index contributed by atoms with van der Waals surface area (Å²) in [4.78, 5) is 29.2. The largest absolute Gasteiger partial charge is 0.322 e. The minimum Gasteiger partial charge on any atom is -0.322 e. The first-order valence-corrected chi connectivity index (χ1v) is 8.65. The average Bonchev–Trinajstić information content (AvgIpc) is 2.66. The Hall–Kier alpha value is -3.47. The number of nitrogens with zero attached hydrogens (tertiary/aromatic N) is 1. The maximum atomic E-state index is 12.6. The SMILES string of the molecule is Cc1ccccc1NC(=O)c1cncc(C(=O)Nc2c(C)cccc2C)c1. The van der Waals surface area contributed by atoms with E-state index in [9.17, 15) is 9.59 Å². The van der Waals surface area contributed by atoms with Gasteiger partial charge in [0, 0.05) is 23.8 Å². The third-order valence-electron chi connectivity index (χ3n) is 4.38. The van der Waals surface area contributed by atoms with Crippen molar-refractivity contribution in [3.05, 3.63) is 88.7 Å². The zero-order valence-electron chi connectivity index (χ0n) is 15.5. The molecule has 5 nitrogen and oxygen atoms in total. The zero-order valence-corrected chi connectivity index (χ0v) is 15.5. The molecule has 0 saturated heterocycles. The van der Waals surface area contributed by atoms with Gasteiger partial charge in [0.15, 0.2) is 0 Å². The highest BCUT2D eigenvalue weighted by Crippen LogP contribution is 2.20. The quantitative estimate of drug-likeness (QED) is 0.720. The van der Waals surface area contributed by atoms with Gasteiger partial charge in [-0.15, -0.1) is 0 Å². The molecule has 0 spiro atoms. The minimum absolute atomic E-state index is 0.301. The van der Waals surface area contributed by atoms with Crippen LogP contribution < -0.4 is 10.6 Å². The van der Waals surface area contributed by atoms with Gasteiger partial charge in [0.2, 0.25) is 0 Å². The molecule has 0 aliphatic heterocycles. The fourth-order valence-corrected chi connectivity index (χ4v) is 2.79. The Balaban J connectivity index is 1.80. The molecule has 0 bridgehead atoms. The van der Waals surface area contributed by atoms with Gasteiger partial charge >= 0.3 is 0 Å². The van der Waals surface area contributed by atoms with E-state index in [0.29, 0.717) is 11.1 Å². The number of hydrogen-bond acceptors (Lipinski definition) is 3. The van der Waals surface area contributed by atoms with Gasteiger partial charge in [0.1, 0.15) is 0 Å². The van der Waals surface area contributed by atoms with Gasteiger partial charge in [0.05, 0.1) is 11.1 Å². The molecule has 0 radical (unpaired) electrons. The van der Waals surface area contributed by atoms with Gasteiger partial charge in [0.25, 0.3) is 11.8 Å². The van der Waals surface area contributed by atoms with Crippen LogP contribution in [0.5, 0.6) is 0 Å². The summed E-state index contributed by atoms with van der Waals surface area (Å²) in [5.41, 5.74) is 5.07. The van der Waals surface area contributed by atoms with Crippen molar-refractivity contribution in [2.45, 2.75) is 20.8 Å². The van der Waals surface area contributed by atoms with E-state index < -0.39 is 0 Å². The van der Waals surface area contributed by atoms with E-state index in [1.54, 1.807) is 6.07 Å². The molecule has 1 aromatic heterocycles. The van der Waals surface area contributed by atoms with Gasteiger partial charge in [-0.1, -0.05) is 36.4 Å². The van der Waals surface area contributed by atoms with Gasteiger partial charge in [-0.3, -0.25) is 14.6 Å². The highest BCUT2D eigenvalue weighted by Gasteiger charge is 2.14. The van der Waals surface area contributed by atoms with Gasteiger partial charge in [-0.25, -0.2) is 0 Å². The lowest BCUT2D eigenvalue weighted by Gasteiger charge is -2.12. The summed E-state index contributed by atoms with van der Waals surface area (Å²) >= 11 is 0. The standard InChI is InChI=1S/C22H21N3O2/c1-14-7-4-5-10-19(14)24-21(26)17-11-18(13-23-12-17)22(27)25-20-15(2)8-6-9-16(20)3/h4-13H,1-3H3,(H,24,26)(H,25,27). The molecule has 27 heavy (non-hydrogen) atoms. The van der Waals surface area contributed by atoms with Crippen LogP contribution in [0.1, 0.15) is 37.4 Å². The molecule has 3 rings (SSSR count). The Morgan fingerprint density at radius 2 is 1.30 bits per heavy atom. The summed E-state index contributed by atoms with van der Waals surface area (Å²) in [5, 5.41) is 5.76. The molecule has 2 N–H and O–H groups in total. The topological polar surface area (TPSA) is 71.1 Å². The Labute approximate surface area is 158 Å². The van der Waals surface area contributed by atoms with Gasteiger partial charge in [-0.2, -0.15) is 0 Å². The smallest absolute Gasteiger partial charge is 0.257 e. The number of aryl methyl sites for hydroxylation is 3. The van der Waals surface area contributed by atoms with Crippen LogP contribution in [0.15, 0.2) is 60.9 Å². The first kappa shape index (κ1) is 18.3. The molecule has 2 amide bonds. The maximum absolute atomic E-state index is 12.6. The second-order valence-electron chi connectivity index (χ2n) is 6.45. The van der Waals surface area contributed by atoms with Crippen LogP contribution in [-0.2, 0) is 0 Å². The van der Waals surface area contributed by atoms with Crippen molar-refractivity contribution < 1.29 is 9.59 Å². The summed E-state index contributed by atoms with van der Waals surface area (Å²) in [7, 11) is 0. The van der Waals surface area contributed by atoms with Crippen LogP contribution >= 0.6 is 0 Å². The van der Waals surface area contributed by atoms with E-state index in [-0.39, 0.29) is 11.8 Å². The molecule has 1 heterocycles. The second-order valence-corrected chi connectivity index (χ2v) is 6.45. The number of benzene rings is 2. The van der Waals surface area contributed by atoms with Crippen LogP contribution in [-0.4, -0.2) is 16.8 Å². The zero-order chi connectivity index (χ0) is 19.4. The summed E-state index contributed by atoms with van der Waals surface area (Å²) in [6.07, 6.45) is 2.90. The minimum atomic E-state index is -0.307. The number of pyridine rings is 1. The van der Waals surface area contributed by atoms with Crippen molar-refractivity contribution in [2.75, 3.05) is 10.6 Å². The molecule has 2 aromatic carbocycles. The van der Waals surface area contributed by atoms with Crippen LogP contribution in [0.3, 0.4) is 0 Å². The van der Waals surface area contributed by atoms with Crippen molar-refractivity contribution in [3.8, 4) is 0 Å². The summed E-state index contributed by atoms with van der Waals surface area (Å²) in [5.74, 6) is -0.607. The molecular formula is C22H21N3O2. The van der Waals surface area contributed by atoms with E-state index in [4.69, 9.17) is 0 Å². The number of hydrogen-bond donors (Lipinski definition) is 2. The van der Waals surface area contributed by atoms with Crippen molar-refractivity contribution in [3.63, 3.8) is 0 Å². The Morgan fingerprint density at radius 3 is 1.93 bits per heavy atom. The number of nitrogens with one attached hydrogen (secondary N) is 2. The summed E-state index contributed by atoms with van der Waals surface area (Å²) in [6.45, 7) is 5.79. The fourth-order valence-electron chi connectivity index (χ4n) is 2.79. The Bertz CT molecular complexity index is 992. The number of aromatic nitrogens is 1. The average molecular weight is 359 g/mol. The second kappa shape index (κ2) is 7.83. The van der Waals surface area contributed by atoms with E-state index in [1.807, 2.05) is 63.2 Å². The predicted molar refractivity (Wildman–Crippen MR) is 107 cm³/mol. The molecule has 0 fully saturated rings. The lowest BCUT2D eigenvalue weighted by Crippen LogP contribution is -2.17. The lowest BCUT2D eigenvalue weighted by molar-refractivity contribution is 0.102. The molecule has 0 aliphatic carbocycles. The van der Waals surface area contributed by atoms with Gasteiger partial charge < -0.3 is 10.6 Å². The highest BCUT2D eigenvalue weighted by molar-refractivity contribution is 6.08. The third kappa shape index (κ3) is 4.20. The maximum Gasteiger partial charge on any atom is 0.257 e. The van der Waals surface area contributed by atoms with E-state index in [2.05, 4.69) is 15.6 Å². The molecule has 5 heteroatoms. The number of para-hydroxylation sites is 2. The molecule has 0 aliphatic rings. The molecule has 3 aromatic rings. The summed E-state index contributed by atoms with van der Waals surface area (Å²) < 4.78 is 0. The van der Waals surface area contributed by atoms with Crippen LogP contribution in [0.4, 0.5) is 11.4 Å². The summed E-state index contributed by atoms with van der Waals surface area (Å²) in [6, 6.07) is 14.9. The van der Waals surface area contributed by atoms with Crippen LogP contribution in [0, 0.1) is 20.8 Å². The normalized spacial score (nSPS) is 10.3. The third-order valence-corrected chi connectivity index (χ3v) is 4.38.